The molecule has 6 nitrogen and oxygen atoms in total. The number of hydrogen-bond acceptors (Lipinski definition) is 2. The molecule has 0 amide bonds. The highest BCUT2D eigenvalue weighted by molar-refractivity contribution is 4.68. The Hall–Kier alpha value is -1.66. The molecule has 0 aromatic carbocycles. The van der Waals surface area contributed by atoms with Gasteiger partial charge in [0.05, 0.1) is 26.2 Å². The molecule has 0 aliphatic rings. The molecule has 0 bridgehead atoms. The molecule has 0 saturated carbocycles. The maximum absolute atomic E-state index is 5.53. The number of imidazole rings is 2. The lowest BCUT2D eigenvalue weighted by molar-refractivity contribution is -0.696. The topological polar surface area (TPSA) is 69.7 Å². The van der Waals surface area contributed by atoms with Crippen molar-refractivity contribution in [1.82, 2.24) is 9.13 Å². The lowest BCUT2D eigenvalue weighted by Gasteiger charge is -1.97. The minimum atomic E-state index is 0.750. The molecule has 0 aliphatic carbocycles. The average Bonchev–Trinajstić information content (AvgIpc) is 3.17. The third-order valence-corrected chi connectivity index (χ3v) is 3.82. The van der Waals surface area contributed by atoms with E-state index < -0.39 is 0 Å². The zero-order chi connectivity index (χ0) is 15.6. The van der Waals surface area contributed by atoms with Crippen molar-refractivity contribution in [3.63, 3.8) is 0 Å². The third kappa shape index (κ3) is 5.61. The summed E-state index contributed by atoms with van der Waals surface area (Å²) < 4.78 is 8.93. The maximum atomic E-state index is 5.53. The van der Waals surface area contributed by atoms with Crippen LogP contribution < -0.4 is 20.6 Å². The highest BCUT2D eigenvalue weighted by Crippen LogP contribution is 1.98. The SMILES string of the molecule is NCCC[n+]1ccn(CCCCn2cc[n+](CCCN)c2)c1. The first-order valence-corrected chi connectivity index (χ1v) is 8.31. The van der Waals surface area contributed by atoms with Crippen LogP contribution in [0.1, 0.15) is 25.7 Å². The lowest BCUT2D eigenvalue weighted by Crippen LogP contribution is -2.32. The number of rotatable bonds is 11. The summed E-state index contributed by atoms with van der Waals surface area (Å²) in [6, 6.07) is 0. The van der Waals surface area contributed by atoms with Crippen LogP contribution in [0, 0.1) is 0 Å². The van der Waals surface area contributed by atoms with E-state index in [1.54, 1.807) is 0 Å². The number of nitrogens with two attached hydrogens (primary N) is 2. The van der Waals surface area contributed by atoms with Gasteiger partial charge in [-0.05, 0) is 38.8 Å². The molecule has 0 fully saturated rings. The molecule has 0 unspecified atom stereocenters. The Morgan fingerprint density at radius 1 is 0.682 bits per heavy atom. The largest absolute Gasteiger partial charge is 0.330 e. The monoisotopic (exact) mass is 306 g/mol. The Kier molecular flexibility index (Phi) is 7.12. The number of nitrogens with zero attached hydrogens (tertiary/aromatic N) is 4. The lowest BCUT2D eigenvalue weighted by atomic mass is 10.3. The number of hydrogen-bond donors (Lipinski definition) is 2. The standard InChI is InChI=1S/C16H30N6/c17-5-3-9-21-13-11-19(15-21)7-1-2-8-20-12-14-22(16-20)10-4-6-18/h11-16H,1-10,17-18H2/q+2. The van der Waals surface area contributed by atoms with Crippen molar-refractivity contribution in [3.05, 3.63) is 37.4 Å². The molecule has 0 spiro atoms. The molecule has 0 atom stereocenters. The predicted octanol–water partition coefficient (Wildman–Crippen LogP) is 0.0426. The van der Waals surface area contributed by atoms with Crippen molar-refractivity contribution in [1.29, 1.82) is 0 Å². The number of aromatic nitrogens is 4. The summed E-state index contributed by atoms with van der Waals surface area (Å²) in [5.41, 5.74) is 11.1. The van der Waals surface area contributed by atoms with E-state index in [-0.39, 0.29) is 0 Å². The van der Waals surface area contributed by atoms with E-state index in [4.69, 9.17) is 11.5 Å². The normalized spacial score (nSPS) is 11.2. The first-order chi connectivity index (χ1) is 10.8. The summed E-state index contributed by atoms with van der Waals surface area (Å²) in [5, 5.41) is 0. The van der Waals surface area contributed by atoms with Gasteiger partial charge in [-0.1, -0.05) is 0 Å². The Bertz CT molecular complexity index is 482. The summed E-state index contributed by atoms with van der Waals surface area (Å²) in [7, 11) is 0. The Morgan fingerprint density at radius 2 is 1.14 bits per heavy atom. The summed E-state index contributed by atoms with van der Waals surface area (Å²) in [6.07, 6.45) is 17.3. The molecule has 2 aromatic rings. The van der Waals surface area contributed by atoms with E-state index in [9.17, 15) is 0 Å². The Morgan fingerprint density at radius 3 is 1.55 bits per heavy atom. The molecule has 22 heavy (non-hydrogen) atoms. The van der Waals surface area contributed by atoms with Crippen LogP contribution in [0.3, 0.4) is 0 Å². The van der Waals surface area contributed by atoms with Gasteiger partial charge in [0, 0.05) is 0 Å². The zero-order valence-electron chi connectivity index (χ0n) is 13.5. The molecule has 122 valence electrons. The van der Waals surface area contributed by atoms with Gasteiger partial charge in [0.25, 0.3) is 0 Å². The molecule has 0 radical (unpaired) electrons. The van der Waals surface area contributed by atoms with E-state index in [1.165, 1.54) is 12.8 Å². The fourth-order valence-electron chi connectivity index (χ4n) is 2.54. The third-order valence-electron chi connectivity index (χ3n) is 3.82. The van der Waals surface area contributed by atoms with Gasteiger partial charge in [-0.15, -0.1) is 0 Å². The van der Waals surface area contributed by atoms with Crippen molar-refractivity contribution in [2.24, 2.45) is 11.5 Å². The molecule has 4 N–H and O–H groups in total. The van der Waals surface area contributed by atoms with E-state index in [2.05, 4.69) is 55.7 Å². The van der Waals surface area contributed by atoms with E-state index in [1.807, 2.05) is 0 Å². The Labute approximate surface area is 133 Å². The molecule has 2 rings (SSSR count). The van der Waals surface area contributed by atoms with Crippen molar-refractivity contribution in [2.75, 3.05) is 13.1 Å². The van der Waals surface area contributed by atoms with Crippen LogP contribution >= 0.6 is 0 Å². The predicted molar refractivity (Wildman–Crippen MR) is 85.8 cm³/mol. The molecular weight excluding hydrogens is 276 g/mol. The van der Waals surface area contributed by atoms with Gasteiger partial charge in [-0.3, -0.25) is 0 Å². The molecule has 2 heterocycles. The first kappa shape index (κ1) is 16.7. The fraction of sp³-hybridized carbons (Fsp3) is 0.625. The molecule has 6 heteroatoms. The maximum Gasteiger partial charge on any atom is 0.243 e. The highest BCUT2D eigenvalue weighted by Gasteiger charge is 2.05. The van der Waals surface area contributed by atoms with E-state index in [0.29, 0.717) is 0 Å². The van der Waals surface area contributed by atoms with Gasteiger partial charge in [0.1, 0.15) is 24.8 Å². The summed E-state index contributed by atoms with van der Waals surface area (Å²) in [5.74, 6) is 0. The molecule has 2 aromatic heterocycles. The molecular formula is C16H30N6+2. The van der Waals surface area contributed by atoms with Crippen LogP contribution in [-0.2, 0) is 26.2 Å². The van der Waals surface area contributed by atoms with Crippen LogP contribution in [0.15, 0.2) is 37.4 Å². The average molecular weight is 306 g/mol. The quantitative estimate of drug-likeness (QED) is 0.455. The van der Waals surface area contributed by atoms with E-state index in [0.717, 1.165) is 52.1 Å². The Balaban J connectivity index is 1.64. The van der Waals surface area contributed by atoms with Crippen LogP contribution in [0.25, 0.3) is 0 Å². The molecule has 0 saturated heterocycles. The van der Waals surface area contributed by atoms with Crippen molar-refractivity contribution < 1.29 is 9.13 Å². The van der Waals surface area contributed by atoms with Gasteiger partial charge in [-0.2, -0.15) is 0 Å². The smallest absolute Gasteiger partial charge is 0.243 e. The van der Waals surface area contributed by atoms with Gasteiger partial charge in [0.15, 0.2) is 0 Å². The summed E-state index contributed by atoms with van der Waals surface area (Å²) in [6.45, 7) is 5.67. The minimum absolute atomic E-state index is 0.750. The summed E-state index contributed by atoms with van der Waals surface area (Å²) in [4.78, 5) is 0. The van der Waals surface area contributed by atoms with Gasteiger partial charge in [0.2, 0.25) is 12.7 Å². The first-order valence-electron chi connectivity index (χ1n) is 8.31. The van der Waals surface area contributed by atoms with Crippen molar-refractivity contribution in [3.8, 4) is 0 Å². The summed E-state index contributed by atoms with van der Waals surface area (Å²) >= 11 is 0. The van der Waals surface area contributed by atoms with Gasteiger partial charge >= 0.3 is 0 Å². The van der Waals surface area contributed by atoms with Crippen LogP contribution in [0.4, 0.5) is 0 Å². The number of unbranched alkanes of at least 4 members (excludes halogenated alkanes) is 1. The van der Waals surface area contributed by atoms with Crippen LogP contribution in [0.5, 0.6) is 0 Å². The van der Waals surface area contributed by atoms with Gasteiger partial charge in [-0.25, -0.2) is 18.3 Å². The van der Waals surface area contributed by atoms with Crippen molar-refractivity contribution in [2.45, 2.75) is 51.9 Å². The van der Waals surface area contributed by atoms with Crippen molar-refractivity contribution >= 4 is 0 Å². The second-order valence-corrected chi connectivity index (χ2v) is 5.77. The van der Waals surface area contributed by atoms with Gasteiger partial charge < -0.3 is 11.5 Å². The number of aryl methyl sites for hydroxylation is 4. The van der Waals surface area contributed by atoms with E-state index >= 15 is 0 Å². The highest BCUT2D eigenvalue weighted by atomic mass is 15.1. The zero-order valence-corrected chi connectivity index (χ0v) is 13.5. The second-order valence-electron chi connectivity index (χ2n) is 5.77. The minimum Gasteiger partial charge on any atom is -0.330 e. The van der Waals surface area contributed by atoms with Crippen LogP contribution in [-0.4, -0.2) is 22.2 Å². The fourth-order valence-corrected chi connectivity index (χ4v) is 2.54. The van der Waals surface area contributed by atoms with Crippen LogP contribution in [0.2, 0.25) is 0 Å². The molecule has 0 aliphatic heterocycles. The second kappa shape index (κ2) is 9.38.